The first kappa shape index (κ1) is 28.0. The van der Waals surface area contributed by atoms with Gasteiger partial charge in [-0.1, -0.05) is 11.6 Å². The van der Waals surface area contributed by atoms with Crippen molar-refractivity contribution in [1.29, 1.82) is 0 Å². The van der Waals surface area contributed by atoms with Crippen molar-refractivity contribution in [2.24, 2.45) is 5.92 Å². The number of carbonyl (C=O) groups is 1. The van der Waals surface area contributed by atoms with E-state index in [1.54, 1.807) is 20.8 Å². The third-order valence-electron chi connectivity index (χ3n) is 7.40. The van der Waals surface area contributed by atoms with Crippen LogP contribution in [0.5, 0.6) is 6.01 Å². The highest BCUT2D eigenvalue weighted by atomic mass is 35.5. The number of amides is 1. The van der Waals surface area contributed by atoms with Crippen molar-refractivity contribution in [3.05, 3.63) is 17.2 Å². The standard InChI is InChI=1S/C26H35ClF2N6O4/c1-25(2,3)39-24(36)31-10-16-12-34(7-8-37-14-16)22-18-11-30-21(27)19(29)20(18)32-23(33-22)38-15-26-5-4-6-35(26)13-17(28)9-26/h11,16-17H,4-10,12-15H2,1-3H3,(H,31,36)/t16?,17-,26+/m1/s1. The zero-order valence-electron chi connectivity index (χ0n) is 22.5. The Morgan fingerprint density at radius 3 is 2.92 bits per heavy atom. The Kier molecular flexibility index (Phi) is 7.98. The Balaban J connectivity index is 1.39. The lowest BCUT2D eigenvalue weighted by Gasteiger charge is -2.31. The molecule has 214 valence electrons. The van der Waals surface area contributed by atoms with Gasteiger partial charge in [0, 0.05) is 44.7 Å². The molecule has 3 fully saturated rings. The number of aromatic nitrogens is 3. The third kappa shape index (κ3) is 6.28. The lowest BCUT2D eigenvalue weighted by atomic mass is 9.95. The lowest BCUT2D eigenvalue weighted by molar-refractivity contribution is 0.0505. The maximum Gasteiger partial charge on any atom is 0.407 e. The van der Waals surface area contributed by atoms with Crippen LogP contribution >= 0.6 is 11.6 Å². The molecule has 3 aliphatic heterocycles. The van der Waals surface area contributed by atoms with E-state index in [0.717, 1.165) is 19.4 Å². The van der Waals surface area contributed by atoms with Gasteiger partial charge in [0.1, 0.15) is 29.7 Å². The van der Waals surface area contributed by atoms with Gasteiger partial charge >= 0.3 is 12.1 Å². The smallest absolute Gasteiger partial charge is 0.407 e. The molecule has 0 radical (unpaired) electrons. The van der Waals surface area contributed by atoms with Crippen LogP contribution in [0.2, 0.25) is 5.15 Å². The van der Waals surface area contributed by atoms with E-state index in [9.17, 15) is 9.18 Å². The number of rotatable bonds is 6. The summed E-state index contributed by atoms with van der Waals surface area (Å²) in [5.41, 5.74) is -1.01. The second-order valence-corrected chi connectivity index (χ2v) is 11.9. The summed E-state index contributed by atoms with van der Waals surface area (Å²) >= 11 is 5.99. The highest BCUT2D eigenvalue weighted by Gasteiger charge is 2.49. The summed E-state index contributed by atoms with van der Waals surface area (Å²) in [5.74, 6) is -0.422. The normalized spacial score (nSPS) is 25.9. The average molecular weight is 569 g/mol. The summed E-state index contributed by atoms with van der Waals surface area (Å²) in [7, 11) is 0. The van der Waals surface area contributed by atoms with Gasteiger partial charge in [-0.15, -0.1) is 0 Å². The molecule has 13 heteroatoms. The summed E-state index contributed by atoms with van der Waals surface area (Å²) in [4.78, 5) is 29.3. The first-order valence-corrected chi connectivity index (χ1v) is 13.7. The van der Waals surface area contributed by atoms with E-state index in [4.69, 9.17) is 25.8 Å². The Labute approximate surface area is 231 Å². The van der Waals surface area contributed by atoms with E-state index in [-0.39, 0.29) is 29.2 Å². The second kappa shape index (κ2) is 11.1. The van der Waals surface area contributed by atoms with E-state index >= 15 is 4.39 Å². The van der Waals surface area contributed by atoms with Gasteiger partial charge in [0.05, 0.1) is 24.1 Å². The summed E-state index contributed by atoms with van der Waals surface area (Å²) < 4.78 is 46.6. The minimum Gasteiger partial charge on any atom is -0.461 e. The largest absolute Gasteiger partial charge is 0.461 e. The molecular formula is C26H35ClF2N6O4. The van der Waals surface area contributed by atoms with E-state index in [0.29, 0.717) is 57.0 Å². The van der Waals surface area contributed by atoms with Crippen molar-refractivity contribution in [1.82, 2.24) is 25.2 Å². The minimum absolute atomic E-state index is 0.000775. The van der Waals surface area contributed by atoms with Crippen molar-refractivity contribution in [2.75, 3.05) is 57.4 Å². The molecule has 2 aromatic heterocycles. The van der Waals surface area contributed by atoms with Crippen LogP contribution in [0.4, 0.5) is 19.4 Å². The number of halogens is 3. The number of fused-ring (bicyclic) bond motifs is 2. The van der Waals surface area contributed by atoms with Gasteiger partial charge in [-0.3, -0.25) is 4.90 Å². The fourth-order valence-electron chi connectivity index (χ4n) is 5.69. The van der Waals surface area contributed by atoms with Gasteiger partial charge < -0.3 is 24.4 Å². The molecule has 1 N–H and O–H groups in total. The van der Waals surface area contributed by atoms with E-state index in [2.05, 4.69) is 25.2 Å². The van der Waals surface area contributed by atoms with Gasteiger partial charge in [-0.05, 0) is 40.2 Å². The van der Waals surface area contributed by atoms with Crippen LogP contribution < -0.4 is 15.0 Å². The molecular weight excluding hydrogens is 534 g/mol. The number of ether oxygens (including phenoxy) is 3. The van der Waals surface area contributed by atoms with Crippen LogP contribution in [0.25, 0.3) is 10.9 Å². The quantitative estimate of drug-likeness (QED) is 0.522. The van der Waals surface area contributed by atoms with E-state index in [1.807, 2.05) is 4.90 Å². The van der Waals surface area contributed by atoms with Crippen LogP contribution in [0.1, 0.15) is 40.0 Å². The number of alkyl halides is 1. The molecule has 0 aromatic carbocycles. The van der Waals surface area contributed by atoms with Crippen molar-refractivity contribution in [2.45, 2.75) is 57.3 Å². The monoisotopic (exact) mass is 568 g/mol. The number of pyridine rings is 1. The number of carbonyl (C=O) groups excluding carboxylic acids is 1. The fourth-order valence-corrected chi connectivity index (χ4v) is 5.83. The first-order valence-electron chi connectivity index (χ1n) is 13.4. The van der Waals surface area contributed by atoms with Gasteiger partial charge in [-0.25, -0.2) is 18.6 Å². The Morgan fingerprint density at radius 1 is 1.31 bits per heavy atom. The predicted octanol–water partition coefficient (Wildman–Crippen LogP) is 3.75. The van der Waals surface area contributed by atoms with Crippen LogP contribution in [0.15, 0.2) is 6.20 Å². The molecule has 10 nitrogen and oxygen atoms in total. The third-order valence-corrected chi connectivity index (χ3v) is 7.67. The fraction of sp³-hybridized carbons (Fsp3) is 0.692. The van der Waals surface area contributed by atoms with Gasteiger partial charge in [0.2, 0.25) is 0 Å². The second-order valence-electron chi connectivity index (χ2n) is 11.6. The number of anilines is 1. The van der Waals surface area contributed by atoms with Crippen molar-refractivity contribution in [3.8, 4) is 6.01 Å². The molecule has 3 atom stereocenters. The number of nitrogens with zero attached hydrogens (tertiary/aromatic N) is 5. The molecule has 1 amide bonds. The highest BCUT2D eigenvalue weighted by molar-refractivity contribution is 6.30. The predicted molar refractivity (Wildman–Crippen MR) is 142 cm³/mol. The summed E-state index contributed by atoms with van der Waals surface area (Å²) in [6.07, 6.45) is 2.24. The highest BCUT2D eigenvalue weighted by Crippen LogP contribution is 2.40. The molecule has 2 aromatic rings. The molecule has 3 saturated heterocycles. The minimum atomic E-state index is -0.896. The number of alkyl carbamates (subject to hydrolysis) is 1. The molecule has 39 heavy (non-hydrogen) atoms. The van der Waals surface area contributed by atoms with Gasteiger partial charge in [0.15, 0.2) is 11.0 Å². The number of hydrogen-bond acceptors (Lipinski definition) is 9. The molecule has 0 aliphatic carbocycles. The summed E-state index contributed by atoms with van der Waals surface area (Å²) in [6, 6.07) is -0.00389. The molecule has 3 aliphatic rings. The van der Waals surface area contributed by atoms with Crippen molar-refractivity contribution >= 4 is 34.4 Å². The molecule has 0 bridgehead atoms. The van der Waals surface area contributed by atoms with Crippen LogP contribution in [0.3, 0.4) is 0 Å². The van der Waals surface area contributed by atoms with Gasteiger partial charge in [-0.2, -0.15) is 9.97 Å². The average Bonchev–Trinajstić information content (AvgIpc) is 3.28. The van der Waals surface area contributed by atoms with Crippen LogP contribution in [-0.4, -0.2) is 95.8 Å². The molecule has 0 spiro atoms. The SMILES string of the molecule is CC(C)(C)OC(=O)NCC1COCCN(c2nc(OC[C@@]34CCCN3C[C@H](F)C4)nc3c(F)c(Cl)ncc23)C1. The Bertz CT molecular complexity index is 1220. The lowest BCUT2D eigenvalue weighted by Crippen LogP contribution is -2.43. The molecule has 5 rings (SSSR count). The zero-order chi connectivity index (χ0) is 27.8. The topological polar surface area (TPSA) is 102 Å². The van der Waals surface area contributed by atoms with Crippen molar-refractivity contribution in [3.63, 3.8) is 0 Å². The van der Waals surface area contributed by atoms with Crippen LogP contribution in [-0.2, 0) is 9.47 Å². The van der Waals surface area contributed by atoms with E-state index < -0.39 is 29.2 Å². The molecule has 0 saturated carbocycles. The Hall–Kier alpha value is -2.57. The zero-order valence-corrected chi connectivity index (χ0v) is 23.3. The first-order chi connectivity index (χ1) is 18.5. The van der Waals surface area contributed by atoms with Crippen molar-refractivity contribution < 1.29 is 27.8 Å². The summed E-state index contributed by atoms with van der Waals surface area (Å²) in [6.45, 7) is 8.92. The van der Waals surface area contributed by atoms with Crippen LogP contribution in [0, 0.1) is 11.7 Å². The Morgan fingerprint density at radius 2 is 2.13 bits per heavy atom. The number of hydrogen-bond donors (Lipinski definition) is 1. The molecule has 5 heterocycles. The number of nitrogens with one attached hydrogen (secondary N) is 1. The molecule has 1 unspecified atom stereocenters. The van der Waals surface area contributed by atoms with Gasteiger partial charge in [0.25, 0.3) is 0 Å². The maximum absolute atomic E-state index is 15.1. The summed E-state index contributed by atoms with van der Waals surface area (Å²) in [5, 5.41) is 2.89. The maximum atomic E-state index is 15.1. The van der Waals surface area contributed by atoms with E-state index in [1.165, 1.54) is 6.20 Å².